The molecule has 93 valence electrons. The third-order valence-electron chi connectivity index (χ3n) is 2.82. The van der Waals surface area contributed by atoms with Crippen LogP contribution in [0.5, 0.6) is 0 Å². The summed E-state index contributed by atoms with van der Waals surface area (Å²) < 4.78 is 0. The molecule has 1 aromatic rings. The van der Waals surface area contributed by atoms with Gasteiger partial charge in [-0.15, -0.1) is 0 Å². The molecule has 2 heteroatoms. The average Bonchev–Trinajstić information content (AvgIpc) is 2.34. The fourth-order valence-electron chi connectivity index (χ4n) is 1.75. The second-order valence-electron chi connectivity index (χ2n) is 4.56. The Labute approximate surface area is 105 Å². The molecule has 0 fully saturated rings. The molecule has 1 aromatic carbocycles. The van der Waals surface area contributed by atoms with Crippen LogP contribution in [-0.2, 0) is 6.42 Å². The lowest BCUT2D eigenvalue weighted by molar-refractivity contribution is 0.0827. The van der Waals surface area contributed by atoms with E-state index in [4.69, 9.17) is 0 Å². The molecule has 0 heterocycles. The number of carbonyl (C=O) groups excluding carboxylic acids is 1. The van der Waals surface area contributed by atoms with Gasteiger partial charge in [0.25, 0.3) is 5.91 Å². The van der Waals surface area contributed by atoms with Crippen molar-refractivity contribution >= 4 is 5.91 Å². The van der Waals surface area contributed by atoms with Gasteiger partial charge in [0.1, 0.15) is 0 Å². The molecule has 0 spiro atoms. The van der Waals surface area contributed by atoms with Gasteiger partial charge in [-0.3, -0.25) is 4.79 Å². The Bertz CT molecular complexity index is 340. The second-order valence-corrected chi connectivity index (χ2v) is 4.56. The summed E-state index contributed by atoms with van der Waals surface area (Å²) >= 11 is 0. The van der Waals surface area contributed by atoms with Crippen molar-refractivity contribution in [1.29, 1.82) is 0 Å². The highest BCUT2D eigenvalue weighted by Gasteiger charge is 2.06. The Balaban J connectivity index is 2.47. The molecule has 0 aliphatic carbocycles. The van der Waals surface area contributed by atoms with Crippen molar-refractivity contribution in [1.82, 2.24) is 4.90 Å². The highest BCUT2D eigenvalue weighted by Crippen LogP contribution is 2.10. The SMILES string of the molecule is [CH2]CCCCCc1ccc(C(=O)N(C)C)cc1. The van der Waals surface area contributed by atoms with E-state index in [9.17, 15) is 4.79 Å². The summed E-state index contributed by atoms with van der Waals surface area (Å²) in [5, 5.41) is 0. The molecule has 0 aliphatic rings. The van der Waals surface area contributed by atoms with Crippen molar-refractivity contribution in [2.75, 3.05) is 14.1 Å². The number of hydrogen-bond donors (Lipinski definition) is 0. The van der Waals surface area contributed by atoms with E-state index in [0.29, 0.717) is 0 Å². The number of rotatable bonds is 6. The minimum absolute atomic E-state index is 0.0635. The second kappa shape index (κ2) is 7.10. The predicted molar refractivity (Wildman–Crippen MR) is 72.0 cm³/mol. The first-order valence-corrected chi connectivity index (χ1v) is 6.25. The van der Waals surface area contributed by atoms with Gasteiger partial charge in [-0.25, -0.2) is 0 Å². The molecule has 0 saturated heterocycles. The normalized spacial score (nSPS) is 10.3. The molecule has 0 N–H and O–H groups in total. The number of aryl methyl sites for hydroxylation is 1. The summed E-state index contributed by atoms with van der Waals surface area (Å²) in [6.07, 6.45) is 5.77. The minimum atomic E-state index is 0.0635. The van der Waals surface area contributed by atoms with Crippen molar-refractivity contribution in [2.24, 2.45) is 0 Å². The third kappa shape index (κ3) is 4.59. The fraction of sp³-hybridized carbons (Fsp3) is 0.467. The van der Waals surface area contributed by atoms with Crippen LogP contribution in [0.2, 0.25) is 0 Å². The van der Waals surface area contributed by atoms with E-state index in [-0.39, 0.29) is 5.91 Å². The standard InChI is InChI=1S/C15H22NO/c1-4-5-6-7-8-13-9-11-14(12-10-13)15(17)16(2)3/h9-12H,1,4-8H2,2-3H3. The molecule has 0 saturated carbocycles. The number of nitrogens with zero attached hydrogens (tertiary/aromatic N) is 1. The molecular weight excluding hydrogens is 210 g/mol. The first kappa shape index (κ1) is 13.8. The van der Waals surface area contributed by atoms with Crippen molar-refractivity contribution in [3.8, 4) is 0 Å². The third-order valence-corrected chi connectivity index (χ3v) is 2.82. The maximum absolute atomic E-state index is 11.7. The number of hydrogen-bond acceptors (Lipinski definition) is 1. The molecule has 1 radical (unpaired) electrons. The van der Waals surface area contributed by atoms with Crippen molar-refractivity contribution in [3.63, 3.8) is 0 Å². The lowest BCUT2D eigenvalue weighted by Gasteiger charge is -2.10. The zero-order valence-electron chi connectivity index (χ0n) is 10.9. The molecule has 0 bridgehead atoms. The summed E-state index contributed by atoms with van der Waals surface area (Å²) in [7, 11) is 3.55. The van der Waals surface area contributed by atoms with Crippen LogP contribution in [0.4, 0.5) is 0 Å². The summed E-state index contributed by atoms with van der Waals surface area (Å²) in [6, 6.07) is 7.94. The molecule has 0 aliphatic heterocycles. The number of benzene rings is 1. The Kier molecular flexibility index (Phi) is 5.75. The Hall–Kier alpha value is -1.31. The number of amides is 1. The smallest absolute Gasteiger partial charge is 0.253 e. The first-order valence-electron chi connectivity index (χ1n) is 6.25. The van der Waals surface area contributed by atoms with Crippen LogP contribution in [0.3, 0.4) is 0 Å². The Morgan fingerprint density at radius 1 is 1.12 bits per heavy atom. The van der Waals surface area contributed by atoms with Gasteiger partial charge >= 0.3 is 0 Å². The van der Waals surface area contributed by atoms with Gasteiger partial charge in [-0.2, -0.15) is 0 Å². The maximum atomic E-state index is 11.7. The quantitative estimate of drug-likeness (QED) is 0.689. The zero-order valence-corrected chi connectivity index (χ0v) is 10.9. The lowest BCUT2D eigenvalue weighted by Crippen LogP contribution is -2.21. The fourth-order valence-corrected chi connectivity index (χ4v) is 1.75. The molecule has 17 heavy (non-hydrogen) atoms. The van der Waals surface area contributed by atoms with E-state index in [2.05, 4.69) is 19.1 Å². The van der Waals surface area contributed by atoms with Crippen LogP contribution >= 0.6 is 0 Å². The Morgan fingerprint density at radius 3 is 2.29 bits per heavy atom. The van der Waals surface area contributed by atoms with Crippen LogP contribution in [0.1, 0.15) is 41.6 Å². The molecule has 1 amide bonds. The minimum Gasteiger partial charge on any atom is -0.345 e. The average molecular weight is 232 g/mol. The van der Waals surface area contributed by atoms with E-state index < -0.39 is 0 Å². The molecule has 0 unspecified atom stereocenters. The van der Waals surface area contributed by atoms with E-state index in [1.807, 2.05) is 12.1 Å². The van der Waals surface area contributed by atoms with Crippen LogP contribution in [0, 0.1) is 6.92 Å². The van der Waals surface area contributed by atoms with Crippen molar-refractivity contribution in [2.45, 2.75) is 32.1 Å². The van der Waals surface area contributed by atoms with E-state index in [1.165, 1.54) is 24.8 Å². The van der Waals surface area contributed by atoms with E-state index in [0.717, 1.165) is 18.4 Å². The van der Waals surface area contributed by atoms with Crippen LogP contribution in [0.25, 0.3) is 0 Å². The van der Waals surface area contributed by atoms with E-state index in [1.54, 1.807) is 19.0 Å². The van der Waals surface area contributed by atoms with Gasteiger partial charge in [-0.05, 0) is 30.5 Å². The van der Waals surface area contributed by atoms with Crippen molar-refractivity contribution in [3.05, 3.63) is 42.3 Å². The molecule has 1 rings (SSSR count). The summed E-state index contributed by atoms with van der Waals surface area (Å²) in [5.74, 6) is 0.0635. The van der Waals surface area contributed by atoms with E-state index >= 15 is 0 Å². The molecule has 0 atom stereocenters. The summed E-state index contributed by atoms with van der Waals surface area (Å²) in [5.41, 5.74) is 2.07. The van der Waals surface area contributed by atoms with Crippen LogP contribution in [0.15, 0.2) is 24.3 Å². The largest absolute Gasteiger partial charge is 0.345 e. The maximum Gasteiger partial charge on any atom is 0.253 e. The predicted octanol–water partition coefficient (Wildman–Crippen LogP) is 3.33. The Morgan fingerprint density at radius 2 is 1.76 bits per heavy atom. The summed E-state index contributed by atoms with van der Waals surface area (Å²) in [4.78, 5) is 13.3. The van der Waals surface area contributed by atoms with Gasteiger partial charge in [0.15, 0.2) is 0 Å². The van der Waals surface area contributed by atoms with Gasteiger partial charge < -0.3 is 4.90 Å². The van der Waals surface area contributed by atoms with Gasteiger partial charge in [0.2, 0.25) is 0 Å². The number of carbonyl (C=O) groups is 1. The van der Waals surface area contributed by atoms with Gasteiger partial charge in [-0.1, -0.05) is 38.3 Å². The highest BCUT2D eigenvalue weighted by molar-refractivity contribution is 5.93. The molecule has 0 aromatic heterocycles. The molecular formula is C15H22NO. The zero-order chi connectivity index (χ0) is 12.7. The monoisotopic (exact) mass is 232 g/mol. The van der Waals surface area contributed by atoms with Crippen LogP contribution in [-0.4, -0.2) is 24.9 Å². The highest BCUT2D eigenvalue weighted by atomic mass is 16.2. The molecule has 2 nitrogen and oxygen atoms in total. The number of unbranched alkanes of at least 4 members (excludes halogenated alkanes) is 3. The van der Waals surface area contributed by atoms with Gasteiger partial charge in [0, 0.05) is 19.7 Å². The van der Waals surface area contributed by atoms with Gasteiger partial charge in [0.05, 0.1) is 0 Å². The lowest BCUT2D eigenvalue weighted by atomic mass is 10.0. The van der Waals surface area contributed by atoms with Crippen LogP contribution < -0.4 is 0 Å². The van der Waals surface area contributed by atoms with Crippen molar-refractivity contribution < 1.29 is 4.79 Å². The summed E-state index contributed by atoms with van der Waals surface area (Å²) in [6.45, 7) is 3.84. The first-order chi connectivity index (χ1) is 8.15. The topological polar surface area (TPSA) is 20.3 Å².